The molecule has 1 aliphatic heterocycles. The first-order valence-corrected chi connectivity index (χ1v) is 12.1. The quantitative estimate of drug-likeness (QED) is 0.657. The first kappa shape index (κ1) is 22.1. The van der Waals surface area contributed by atoms with Crippen LogP contribution in [0.1, 0.15) is 23.2 Å². The van der Waals surface area contributed by atoms with Crippen LogP contribution in [0.25, 0.3) is 0 Å². The number of benzene rings is 2. The highest BCUT2D eigenvalue weighted by Gasteiger charge is 2.27. The van der Waals surface area contributed by atoms with Crippen molar-refractivity contribution in [2.45, 2.75) is 22.6 Å². The van der Waals surface area contributed by atoms with Gasteiger partial charge in [0.1, 0.15) is 5.75 Å². The molecule has 0 saturated carbocycles. The molecule has 0 aliphatic carbocycles. The van der Waals surface area contributed by atoms with Crippen molar-refractivity contribution < 1.29 is 26.4 Å². The molecule has 9 nitrogen and oxygen atoms in total. The maximum Gasteiger partial charge on any atom is 0.261 e. The van der Waals surface area contributed by atoms with E-state index in [2.05, 4.69) is 10.0 Å². The van der Waals surface area contributed by atoms with E-state index in [4.69, 9.17) is 4.74 Å². The van der Waals surface area contributed by atoms with Crippen LogP contribution >= 0.6 is 0 Å². The number of hydrogen-bond acceptors (Lipinski definition) is 6. The number of ether oxygens (including phenoxy) is 1. The van der Waals surface area contributed by atoms with Gasteiger partial charge in [0.05, 0.1) is 28.2 Å². The molecule has 1 heterocycles. The topological polar surface area (TPSA) is 122 Å². The number of hydrogen-bond donors (Lipinski definition) is 2. The molecule has 11 heteroatoms. The molecule has 2 aromatic rings. The molecular formula is C19H23N3O6S2. The van der Waals surface area contributed by atoms with Crippen LogP contribution in [-0.4, -0.2) is 54.3 Å². The van der Waals surface area contributed by atoms with Crippen molar-refractivity contribution in [1.29, 1.82) is 0 Å². The fourth-order valence-electron chi connectivity index (χ4n) is 3.13. The zero-order valence-corrected chi connectivity index (χ0v) is 18.2. The third-order valence-corrected chi connectivity index (χ3v) is 8.07. The second kappa shape index (κ2) is 8.62. The van der Waals surface area contributed by atoms with E-state index in [1.807, 2.05) is 0 Å². The lowest BCUT2D eigenvalue weighted by Gasteiger charge is -2.16. The van der Waals surface area contributed by atoms with Gasteiger partial charge in [-0.05, 0) is 55.3 Å². The lowest BCUT2D eigenvalue weighted by atomic mass is 10.1. The Kier molecular flexibility index (Phi) is 6.34. The number of methoxy groups -OCH3 is 1. The lowest BCUT2D eigenvalue weighted by molar-refractivity contribution is 0.0963. The minimum atomic E-state index is -4.06. The van der Waals surface area contributed by atoms with Crippen LogP contribution in [0.3, 0.4) is 0 Å². The van der Waals surface area contributed by atoms with Gasteiger partial charge >= 0.3 is 0 Å². The average Bonchev–Trinajstić information content (AvgIpc) is 3.29. The zero-order valence-electron chi connectivity index (χ0n) is 16.6. The monoisotopic (exact) mass is 453 g/mol. The molecule has 0 aromatic heterocycles. The van der Waals surface area contributed by atoms with Crippen LogP contribution in [0.2, 0.25) is 0 Å². The van der Waals surface area contributed by atoms with Gasteiger partial charge < -0.3 is 10.1 Å². The summed E-state index contributed by atoms with van der Waals surface area (Å²) in [6, 6.07) is 9.38. The van der Waals surface area contributed by atoms with E-state index in [0.717, 1.165) is 12.8 Å². The minimum Gasteiger partial charge on any atom is -0.497 e. The van der Waals surface area contributed by atoms with Gasteiger partial charge in [-0.15, -0.1) is 0 Å². The molecule has 2 N–H and O–H groups in total. The van der Waals surface area contributed by atoms with Crippen molar-refractivity contribution in [2.24, 2.45) is 0 Å². The number of carbonyl (C=O) groups is 1. The van der Waals surface area contributed by atoms with Gasteiger partial charge in [-0.3, -0.25) is 9.52 Å². The first-order valence-electron chi connectivity index (χ1n) is 9.22. The van der Waals surface area contributed by atoms with E-state index in [-0.39, 0.29) is 21.0 Å². The minimum absolute atomic E-state index is 0.0406. The Morgan fingerprint density at radius 2 is 1.57 bits per heavy atom. The first-order chi connectivity index (χ1) is 14.2. The van der Waals surface area contributed by atoms with Gasteiger partial charge in [0.15, 0.2) is 0 Å². The smallest absolute Gasteiger partial charge is 0.261 e. The van der Waals surface area contributed by atoms with Crippen LogP contribution < -0.4 is 14.8 Å². The van der Waals surface area contributed by atoms with Gasteiger partial charge in [0.25, 0.3) is 15.9 Å². The highest BCUT2D eigenvalue weighted by molar-refractivity contribution is 7.92. The maximum atomic E-state index is 12.8. The zero-order chi connectivity index (χ0) is 21.9. The Balaban J connectivity index is 1.89. The normalized spacial score (nSPS) is 15.0. The lowest BCUT2D eigenvalue weighted by Crippen LogP contribution is -2.27. The molecule has 162 valence electrons. The molecule has 0 radical (unpaired) electrons. The molecule has 1 fully saturated rings. The molecule has 0 atom stereocenters. The number of anilines is 1. The van der Waals surface area contributed by atoms with Crippen molar-refractivity contribution in [2.75, 3.05) is 32.0 Å². The highest BCUT2D eigenvalue weighted by Crippen LogP contribution is 2.26. The number of sulfonamides is 2. The number of rotatable bonds is 7. The van der Waals surface area contributed by atoms with Crippen LogP contribution in [0.15, 0.2) is 52.3 Å². The summed E-state index contributed by atoms with van der Waals surface area (Å²) in [5.74, 6) is -0.0910. The Labute approximate surface area is 176 Å². The molecule has 0 unspecified atom stereocenters. The van der Waals surface area contributed by atoms with Gasteiger partial charge in [-0.1, -0.05) is 0 Å². The number of amides is 1. The van der Waals surface area contributed by atoms with Crippen LogP contribution in [0, 0.1) is 0 Å². The predicted molar refractivity (Wildman–Crippen MR) is 112 cm³/mol. The van der Waals surface area contributed by atoms with Gasteiger partial charge in [-0.25, -0.2) is 16.8 Å². The van der Waals surface area contributed by atoms with Crippen LogP contribution in [0.4, 0.5) is 5.69 Å². The Bertz CT molecular complexity index is 1140. The van der Waals surface area contributed by atoms with Crippen molar-refractivity contribution in [3.63, 3.8) is 0 Å². The summed E-state index contributed by atoms with van der Waals surface area (Å²) in [6.45, 7) is 0.924. The summed E-state index contributed by atoms with van der Waals surface area (Å²) < 4.78 is 59.7. The summed E-state index contributed by atoms with van der Waals surface area (Å²) >= 11 is 0. The Morgan fingerprint density at radius 3 is 2.13 bits per heavy atom. The van der Waals surface area contributed by atoms with E-state index in [1.54, 1.807) is 0 Å². The Morgan fingerprint density at radius 1 is 0.967 bits per heavy atom. The molecule has 3 rings (SSSR count). The van der Waals surface area contributed by atoms with Crippen LogP contribution in [0.5, 0.6) is 5.75 Å². The second-order valence-corrected chi connectivity index (χ2v) is 10.3. The summed E-state index contributed by atoms with van der Waals surface area (Å²) in [4.78, 5) is 12.0. The number of nitrogens with zero attached hydrogens (tertiary/aromatic N) is 1. The fraction of sp³-hybridized carbons (Fsp3) is 0.316. The van der Waals surface area contributed by atoms with E-state index in [9.17, 15) is 21.6 Å². The van der Waals surface area contributed by atoms with Crippen molar-refractivity contribution in [3.05, 3.63) is 48.0 Å². The summed E-state index contributed by atoms with van der Waals surface area (Å²) in [5.41, 5.74) is 0.164. The van der Waals surface area contributed by atoms with E-state index >= 15 is 0 Å². The highest BCUT2D eigenvalue weighted by atomic mass is 32.2. The summed E-state index contributed by atoms with van der Waals surface area (Å²) in [5, 5.41) is 2.45. The summed E-state index contributed by atoms with van der Waals surface area (Å²) in [6.07, 6.45) is 1.62. The van der Waals surface area contributed by atoms with E-state index in [0.29, 0.717) is 18.8 Å². The van der Waals surface area contributed by atoms with E-state index < -0.39 is 26.0 Å². The third kappa shape index (κ3) is 4.42. The van der Waals surface area contributed by atoms with Crippen molar-refractivity contribution >= 4 is 31.6 Å². The molecular weight excluding hydrogens is 430 g/mol. The molecule has 0 spiro atoms. The van der Waals surface area contributed by atoms with Gasteiger partial charge in [0.2, 0.25) is 10.0 Å². The maximum absolute atomic E-state index is 12.8. The van der Waals surface area contributed by atoms with Gasteiger partial charge in [-0.2, -0.15) is 4.31 Å². The largest absolute Gasteiger partial charge is 0.497 e. The molecule has 1 amide bonds. The average molecular weight is 454 g/mol. The molecule has 1 saturated heterocycles. The SMILES string of the molecule is CNC(=O)c1cc(OC)ccc1NS(=O)(=O)c1ccc(S(=O)(=O)N2CCCC2)cc1. The third-order valence-electron chi connectivity index (χ3n) is 4.78. The summed E-state index contributed by atoms with van der Waals surface area (Å²) in [7, 11) is -4.83. The second-order valence-electron chi connectivity index (χ2n) is 6.68. The standard InChI is InChI=1S/C19H23N3O6S2/c1-20-19(23)17-13-14(28-2)5-10-18(17)21-29(24,25)15-6-8-16(9-7-15)30(26,27)22-11-3-4-12-22/h5-10,13,21H,3-4,11-12H2,1-2H3,(H,20,23). The molecule has 30 heavy (non-hydrogen) atoms. The molecule has 0 bridgehead atoms. The van der Waals surface area contributed by atoms with Crippen LogP contribution in [-0.2, 0) is 20.0 Å². The fourth-order valence-corrected chi connectivity index (χ4v) is 5.73. The Hall–Kier alpha value is -2.63. The van der Waals surface area contributed by atoms with Crippen molar-refractivity contribution in [3.8, 4) is 5.75 Å². The predicted octanol–water partition coefficient (Wildman–Crippen LogP) is 1.64. The van der Waals surface area contributed by atoms with Gasteiger partial charge in [0, 0.05) is 20.1 Å². The van der Waals surface area contributed by atoms with Crippen molar-refractivity contribution in [1.82, 2.24) is 9.62 Å². The van der Waals surface area contributed by atoms with E-state index in [1.165, 1.54) is 60.9 Å². The number of carbonyl (C=O) groups excluding carboxylic acids is 1. The molecule has 2 aromatic carbocycles. The number of nitrogens with one attached hydrogen (secondary N) is 2. The molecule has 1 aliphatic rings.